The molecule has 0 aliphatic carbocycles. The Morgan fingerprint density at radius 2 is 1.85 bits per heavy atom. The Labute approximate surface area is 277 Å². The second-order valence-corrected chi connectivity index (χ2v) is 14.5. The van der Waals surface area contributed by atoms with Gasteiger partial charge in [-0.2, -0.15) is 0 Å². The maximum atomic E-state index is 13.0. The molecule has 2 heterocycles. The number of carbonyl (C=O) groups is 3. The molecular weight excluding hydrogens is 622 g/mol. The van der Waals surface area contributed by atoms with Crippen LogP contribution in [-0.4, -0.2) is 79.6 Å². The van der Waals surface area contributed by atoms with Crippen molar-refractivity contribution in [1.82, 2.24) is 9.80 Å². The Kier molecular flexibility index (Phi) is 12.1. The van der Waals surface area contributed by atoms with Gasteiger partial charge in [0.1, 0.15) is 6.26 Å². The third kappa shape index (κ3) is 9.13. The van der Waals surface area contributed by atoms with Gasteiger partial charge in [-0.05, 0) is 81.8 Å². The molecule has 2 aromatic rings. The number of benzene rings is 2. The van der Waals surface area contributed by atoms with Crippen LogP contribution in [0.2, 0.25) is 0 Å². The predicted molar refractivity (Wildman–Crippen MR) is 177 cm³/mol. The van der Waals surface area contributed by atoms with Crippen molar-refractivity contribution in [2.24, 2.45) is 5.73 Å². The van der Waals surface area contributed by atoms with E-state index >= 15 is 0 Å². The number of carboxylic acids is 1. The van der Waals surface area contributed by atoms with Gasteiger partial charge in [0.25, 0.3) is 5.79 Å². The number of aliphatic carboxylic acids is 1. The van der Waals surface area contributed by atoms with E-state index in [-0.39, 0.29) is 28.8 Å². The molecular formula is C35H47N3O8S. The first-order valence-electron chi connectivity index (χ1n) is 16.4. The average molecular weight is 670 g/mol. The zero-order chi connectivity index (χ0) is 34.2. The highest BCUT2D eigenvalue weighted by atomic mass is 32.2. The molecule has 2 aliphatic rings. The van der Waals surface area contributed by atoms with E-state index in [0.717, 1.165) is 82.8 Å². The van der Waals surface area contributed by atoms with E-state index in [2.05, 4.69) is 18.7 Å². The molecule has 4 rings (SSSR count). The Bertz CT molecular complexity index is 1580. The van der Waals surface area contributed by atoms with Crippen LogP contribution in [0.25, 0.3) is 0 Å². The van der Waals surface area contributed by atoms with Gasteiger partial charge in [-0.3, -0.25) is 9.59 Å². The Morgan fingerprint density at radius 3 is 2.49 bits per heavy atom. The molecule has 2 amide bonds. The van der Waals surface area contributed by atoms with Crippen LogP contribution in [0.5, 0.6) is 0 Å². The van der Waals surface area contributed by atoms with E-state index in [1.807, 2.05) is 35.2 Å². The zero-order valence-electron chi connectivity index (χ0n) is 27.6. The van der Waals surface area contributed by atoms with Gasteiger partial charge in [-0.25, -0.2) is 13.2 Å². The topological polar surface area (TPSA) is 157 Å². The van der Waals surface area contributed by atoms with E-state index < -0.39 is 33.3 Å². The summed E-state index contributed by atoms with van der Waals surface area (Å²) in [6.45, 7) is 7.30. The lowest BCUT2D eigenvalue weighted by atomic mass is 9.89. The van der Waals surface area contributed by atoms with Crippen molar-refractivity contribution in [2.75, 3.05) is 32.4 Å². The van der Waals surface area contributed by atoms with Crippen molar-refractivity contribution in [2.45, 2.75) is 88.4 Å². The van der Waals surface area contributed by atoms with E-state index in [4.69, 9.17) is 15.2 Å². The van der Waals surface area contributed by atoms with Crippen LogP contribution in [0.15, 0.2) is 59.4 Å². The standard InChI is InChI=1S/C35H47N3O8S/c1-4-16-37(17-11-12-19-38-18-10-6-9-15-32(38)39)25(2)20-27-21-28(33(36)40)31(47(3,43)44)22-29(27)35(23-26-13-7-5-8-14-26)45-24-30(46-35)34(41)42/h5,7-8,13-14,21-22,24-25H,4,6,9-12,15-20,23H2,1-3H3,(H2,36,40)(H,41,42). The average Bonchev–Trinajstić information content (AvgIpc) is 3.35. The Hall–Kier alpha value is -3.90. The smallest absolute Gasteiger partial charge is 0.374 e. The van der Waals surface area contributed by atoms with Crippen molar-refractivity contribution >= 4 is 27.6 Å². The van der Waals surface area contributed by atoms with Crippen molar-refractivity contribution in [3.05, 3.63) is 76.7 Å². The van der Waals surface area contributed by atoms with Crippen LogP contribution < -0.4 is 5.73 Å². The Balaban J connectivity index is 1.68. The third-order valence-electron chi connectivity index (χ3n) is 8.85. The summed E-state index contributed by atoms with van der Waals surface area (Å²) < 4.78 is 38.0. The molecule has 2 aliphatic heterocycles. The predicted octanol–water partition coefficient (Wildman–Crippen LogP) is 4.38. The summed E-state index contributed by atoms with van der Waals surface area (Å²) in [6.07, 6.45) is 8.83. The van der Waals surface area contributed by atoms with E-state index in [9.17, 15) is 27.9 Å². The molecule has 12 heteroatoms. The van der Waals surface area contributed by atoms with Gasteiger partial charge in [0.2, 0.25) is 17.6 Å². The van der Waals surface area contributed by atoms with Gasteiger partial charge in [0.05, 0.1) is 16.9 Å². The first kappa shape index (κ1) is 35.9. The zero-order valence-corrected chi connectivity index (χ0v) is 28.4. The van der Waals surface area contributed by atoms with Crippen molar-refractivity contribution < 1.29 is 37.4 Å². The summed E-state index contributed by atoms with van der Waals surface area (Å²) in [5.74, 6) is -4.13. The molecule has 2 atom stereocenters. The van der Waals surface area contributed by atoms with Crippen LogP contribution in [0, 0.1) is 0 Å². The minimum Gasteiger partial charge on any atom is -0.475 e. The number of nitrogens with zero attached hydrogens (tertiary/aromatic N) is 2. The molecule has 3 N–H and O–H groups in total. The number of ether oxygens (including phenoxy) is 2. The van der Waals surface area contributed by atoms with Gasteiger partial charge in [-0.15, -0.1) is 0 Å². The molecule has 0 aromatic heterocycles. The summed E-state index contributed by atoms with van der Waals surface area (Å²) >= 11 is 0. The number of likely N-dealkylation sites (tertiary alicyclic amines) is 1. The molecule has 1 saturated heterocycles. The molecule has 2 aromatic carbocycles. The number of carbonyl (C=O) groups excluding carboxylic acids is 2. The molecule has 47 heavy (non-hydrogen) atoms. The number of unbranched alkanes of at least 4 members (excludes halogenated alkanes) is 1. The molecule has 0 saturated carbocycles. The highest BCUT2D eigenvalue weighted by Crippen LogP contribution is 2.42. The van der Waals surface area contributed by atoms with Crippen LogP contribution in [-0.2, 0) is 47.5 Å². The lowest BCUT2D eigenvalue weighted by molar-refractivity contribution is -0.168. The first-order chi connectivity index (χ1) is 22.3. The third-order valence-corrected chi connectivity index (χ3v) is 9.98. The van der Waals surface area contributed by atoms with Crippen LogP contribution in [0.4, 0.5) is 0 Å². The summed E-state index contributed by atoms with van der Waals surface area (Å²) in [6, 6.07) is 11.9. The van der Waals surface area contributed by atoms with Crippen molar-refractivity contribution in [3.63, 3.8) is 0 Å². The van der Waals surface area contributed by atoms with E-state index in [1.165, 1.54) is 12.1 Å². The van der Waals surface area contributed by atoms with Crippen molar-refractivity contribution in [3.8, 4) is 0 Å². The lowest BCUT2D eigenvalue weighted by Gasteiger charge is -2.34. The lowest BCUT2D eigenvalue weighted by Crippen LogP contribution is -2.38. The molecule has 0 spiro atoms. The minimum absolute atomic E-state index is 0.0650. The molecule has 256 valence electrons. The summed E-state index contributed by atoms with van der Waals surface area (Å²) in [7, 11) is -3.94. The number of nitrogens with two attached hydrogens (primary N) is 1. The second kappa shape index (κ2) is 15.8. The number of rotatable bonds is 16. The molecule has 2 unspecified atom stereocenters. The normalized spacial score (nSPS) is 19.1. The fraction of sp³-hybridized carbons (Fsp3) is 0.514. The number of primary amides is 1. The minimum atomic E-state index is -3.94. The van der Waals surface area contributed by atoms with Gasteiger partial charge in [-0.1, -0.05) is 43.7 Å². The van der Waals surface area contributed by atoms with Crippen molar-refractivity contribution in [1.29, 1.82) is 0 Å². The molecule has 1 fully saturated rings. The monoisotopic (exact) mass is 669 g/mol. The Morgan fingerprint density at radius 1 is 1.11 bits per heavy atom. The maximum absolute atomic E-state index is 13.0. The van der Waals surface area contributed by atoms with Crippen LogP contribution in [0.1, 0.15) is 85.8 Å². The van der Waals surface area contributed by atoms with E-state index in [1.54, 1.807) is 0 Å². The molecule has 11 nitrogen and oxygen atoms in total. The van der Waals surface area contributed by atoms with Gasteiger partial charge in [0, 0.05) is 37.4 Å². The number of amides is 2. The highest BCUT2D eigenvalue weighted by Gasteiger charge is 2.46. The number of hydrogen-bond donors (Lipinski definition) is 2. The fourth-order valence-corrected chi connectivity index (χ4v) is 7.34. The van der Waals surface area contributed by atoms with Gasteiger partial charge in [0.15, 0.2) is 9.84 Å². The first-order valence-corrected chi connectivity index (χ1v) is 18.3. The summed E-state index contributed by atoms with van der Waals surface area (Å²) in [5.41, 5.74) is 7.19. The second-order valence-electron chi connectivity index (χ2n) is 12.6. The van der Waals surface area contributed by atoms with Gasteiger partial charge < -0.3 is 30.1 Å². The number of hydrogen-bond acceptors (Lipinski definition) is 8. The summed E-state index contributed by atoms with van der Waals surface area (Å²) in [5, 5.41) is 9.76. The quantitative estimate of drug-likeness (QED) is 0.248. The fourth-order valence-electron chi connectivity index (χ4n) is 6.45. The largest absolute Gasteiger partial charge is 0.475 e. The maximum Gasteiger partial charge on any atom is 0.374 e. The van der Waals surface area contributed by atoms with Crippen LogP contribution in [0.3, 0.4) is 0 Å². The number of sulfone groups is 1. The highest BCUT2D eigenvalue weighted by molar-refractivity contribution is 7.90. The van der Waals surface area contributed by atoms with Crippen LogP contribution >= 0.6 is 0 Å². The molecule has 0 bridgehead atoms. The molecule has 0 radical (unpaired) electrons. The summed E-state index contributed by atoms with van der Waals surface area (Å²) in [4.78, 5) is 41.1. The SMILES string of the molecule is CCCN(CCCCN1CCCCCC1=O)C(C)Cc1cc(C(N)=O)c(S(C)(=O)=O)cc1C1(Cc2ccccc2)OC=C(C(=O)O)O1. The number of carboxylic acid groups (broad SMARTS) is 1. The van der Waals surface area contributed by atoms with Gasteiger partial charge >= 0.3 is 5.97 Å². The van der Waals surface area contributed by atoms with E-state index in [0.29, 0.717) is 24.0 Å².